The van der Waals surface area contributed by atoms with Crippen LogP contribution < -0.4 is 0 Å². The summed E-state index contributed by atoms with van der Waals surface area (Å²) in [6, 6.07) is 26.5. The molecule has 0 N–H and O–H groups in total. The summed E-state index contributed by atoms with van der Waals surface area (Å²) >= 11 is 0. The second-order valence-electron chi connectivity index (χ2n) is 7.65. The topological polar surface area (TPSA) is 40.6 Å². The lowest BCUT2D eigenvalue weighted by Gasteiger charge is -2.34. The zero-order chi connectivity index (χ0) is 21.5. The summed E-state index contributed by atoms with van der Waals surface area (Å²) in [5.41, 5.74) is 2.73. The Labute approximate surface area is 183 Å². The van der Waals surface area contributed by atoms with Gasteiger partial charge in [0.1, 0.15) is 0 Å². The highest BCUT2D eigenvalue weighted by Crippen LogP contribution is 2.18. The van der Waals surface area contributed by atoms with Gasteiger partial charge in [-0.1, -0.05) is 91.0 Å². The van der Waals surface area contributed by atoms with Gasteiger partial charge in [0.2, 0.25) is 0 Å². The number of piperazine rings is 1. The Balaban J connectivity index is 1.38. The lowest BCUT2D eigenvalue weighted by Crippen LogP contribution is -2.48. The smallest absolute Gasteiger partial charge is 0.254 e. The summed E-state index contributed by atoms with van der Waals surface area (Å²) in [5.74, 6) is -0.186. The van der Waals surface area contributed by atoms with Crippen molar-refractivity contribution in [3.8, 4) is 0 Å². The molecule has 0 spiro atoms. The predicted molar refractivity (Wildman–Crippen MR) is 124 cm³/mol. The van der Waals surface area contributed by atoms with E-state index in [-0.39, 0.29) is 11.7 Å². The van der Waals surface area contributed by atoms with E-state index in [2.05, 4.69) is 29.2 Å². The van der Waals surface area contributed by atoms with Crippen molar-refractivity contribution in [2.45, 2.75) is 0 Å². The van der Waals surface area contributed by atoms with Gasteiger partial charge in [-0.3, -0.25) is 14.5 Å². The maximum Gasteiger partial charge on any atom is 0.254 e. The summed E-state index contributed by atoms with van der Waals surface area (Å²) in [6.45, 7) is 3.82. The van der Waals surface area contributed by atoms with E-state index in [9.17, 15) is 9.59 Å². The zero-order valence-corrected chi connectivity index (χ0v) is 17.5. The molecule has 1 aliphatic rings. The van der Waals surface area contributed by atoms with Crippen molar-refractivity contribution in [1.29, 1.82) is 0 Å². The maximum absolute atomic E-state index is 13.2. The molecule has 0 radical (unpaired) electrons. The maximum atomic E-state index is 13.2. The average molecular weight is 411 g/mol. The van der Waals surface area contributed by atoms with Crippen LogP contribution >= 0.6 is 0 Å². The predicted octanol–water partition coefficient (Wildman–Crippen LogP) is 4.39. The van der Waals surface area contributed by atoms with Gasteiger partial charge in [-0.05, 0) is 11.6 Å². The largest absolute Gasteiger partial charge is 0.336 e. The number of rotatable bonds is 6. The van der Waals surface area contributed by atoms with Crippen LogP contribution in [-0.2, 0) is 0 Å². The molecule has 3 aromatic carbocycles. The van der Waals surface area contributed by atoms with E-state index >= 15 is 0 Å². The van der Waals surface area contributed by atoms with Gasteiger partial charge in [0, 0.05) is 43.9 Å². The number of nitrogens with zero attached hydrogens (tertiary/aromatic N) is 2. The normalized spacial score (nSPS) is 14.6. The van der Waals surface area contributed by atoms with Crippen LogP contribution in [0.3, 0.4) is 0 Å². The van der Waals surface area contributed by atoms with Crippen LogP contribution in [0.1, 0.15) is 31.8 Å². The first kappa shape index (κ1) is 20.8. The van der Waals surface area contributed by atoms with Gasteiger partial charge in [-0.15, -0.1) is 0 Å². The van der Waals surface area contributed by atoms with E-state index < -0.39 is 0 Å². The summed E-state index contributed by atoms with van der Waals surface area (Å²) in [7, 11) is 0. The number of hydrogen-bond donors (Lipinski definition) is 0. The number of amides is 1. The fourth-order valence-corrected chi connectivity index (χ4v) is 3.82. The summed E-state index contributed by atoms with van der Waals surface area (Å²) in [6.07, 6.45) is 4.30. The molecule has 1 amide bonds. The molecule has 31 heavy (non-hydrogen) atoms. The fraction of sp³-hybridized carbons (Fsp3) is 0.185. The highest BCUT2D eigenvalue weighted by Gasteiger charge is 2.25. The van der Waals surface area contributed by atoms with Crippen LogP contribution in [-0.4, -0.2) is 54.2 Å². The van der Waals surface area contributed by atoms with E-state index in [1.165, 1.54) is 5.56 Å². The third-order valence-electron chi connectivity index (χ3n) is 5.57. The van der Waals surface area contributed by atoms with Crippen molar-refractivity contribution in [2.24, 2.45) is 0 Å². The van der Waals surface area contributed by atoms with Gasteiger partial charge in [0.05, 0.1) is 5.56 Å². The molecule has 4 rings (SSSR count). The van der Waals surface area contributed by atoms with E-state index in [0.29, 0.717) is 29.8 Å². The quantitative estimate of drug-likeness (QED) is 0.566. The minimum atomic E-state index is -0.116. The molecule has 1 fully saturated rings. The first-order valence-electron chi connectivity index (χ1n) is 10.6. The van der Waals surface area contributed by atoms with Crippen molar-refractivity contribution in [3.05, 3.63) is 113 Å². The lowest BCUT2D eigenvalue weighted by atomic mass is 9.97. The van der Waals surface area contributed by atoms with Crippen molar-refractivity contribution < 1.29 is 9.59 Å². The standard InChI is InChI=1S/C27H26N2O2/c30-26(23-13-5-2-6-14-23)24-15-7-8-16-25(24)27(31)29-20-18-28(19-21-29)17-9-12-22-10-3-1-4-11-22/h1-16H,17-21H2. The van der Waals surface area contributed by atoms with E-state index in [4.69, 9.17) is 0 Å². The van der Waals surface area contributed by atoms with Gasteiger partial charge in [0.15, 0.2) is 5.78 Å². The molecule has 0 aliphatic carbocycles. The van der Waals surface area contributed by atoms with Crippen LogP contribution in [0.5, 0.6) is 0 Å². The fourth-order valence-electron chi connectivity index (χ4n) is 3.82. The van der Waals surface area contributed by atoms with Crippen molar-refractivity contribution in [1.82, 2.24) is 9.80 Å². The Kier molecular flexibility index (Phi) is 6.70. The monoisotopic (exact) mass is 410 g/mol. The molecule has 1 saturated heterocycles. The number of hydrogen-bond acceptors (Lipinski definition) is 3. The molecule has 0 bridgehead atoms. The van der Waals surface area contributed by atoms with Crippen LogP contribution in [0, 0.1) is 0 Å². The first-order valence-corrected chi connectivity index (χ1v) is 10.6. The molecule has 0 unspecified atom stereocenters. The van der Waals surface area contributed by atoms with Gasteiger partial charge in [-0.25, -0.2) is 0 Å². The highest BCUT2D eigenvalue weighted by atomic mass is 16.2. The molecule has 4 nitrogen and oxygen atoms in total. The number of carbonyl (C=O) groups is 2. The molecule has 0 aromatic heterocycles. The second kappa shape index (κ2) is 10.0. The van der Waals surface area contributed by atoms with Crippen LogP contribution in [0.25, 0.3) is 6.08 Å². The number of carbonyl (C=O) groups excluding carboxylic acids is 2. The highest BCUT2D eigenvalue weighted by molar-refractivity contribution is 6.15. The van der Waals surface area contributed by atoms with Crippen molar-refractivity contribution in [2.75, 3.05) is 32.7 Å². The lowest BCUT2D eigenvalue weighted by molar-refractivity contribution is 0.0647. The Morgan fingerprint density at radius 1 is 0.710 bits per heavy atom. The first-order chi connectivity index (χ1) is 15.2. The Morgan fingerprint density at radius 3 is 1.97 bits per heavy atom. The van der Waals surface area contributed by atoms with Gasteiger partial charge in [-0.2, -0.15) is 0 Å². The second-order valence-corrected chi connectivity index (χ2v) is 7.65. The Bertz CT molecular complexity index is 1050. The van der Waals surface area contributed by atoms with E-state index in [0.717, 1.165) is 19.6 Å². The molecule has 0 saturated carbocycles. The molecular weight excluding hydrogens is 384 g/mol. The summed E-state index contributed by atoms with van der Waals surface area (Å²) in [4.78, 5) is 30.4. The van der Waals surface area contributed by atoms with Gasteiger partial charge in [0.25, 0.3) is 5.91 Å². The van der Waals surface area contributed by atoms with E-state index in [1.807, 2.05) is 53.4 Å². The van der Waals surface area contributed by atoms with Gasteiger partial charge >= 0.3 is 0 Å². The van der Waals surface area contributed by atoms with Crippen molar-refractivity contribution in [3.63, 3.8) is 0 Å². The summed E-state index contributed by atoms with van der Waals surface area (Å²) in [5, 5.41) is 0. The molecule has 156 valence electrons. The summed E-state index contributed by atoms with van der Waals surface area (Å²) < 4.78 is 0. The van der Waals surface area contributed by atoms with Crippen LogP contribution in [0.4, 0.5) is 0 Å². The SMILES string of the molecule is O=C(c1ccccc1)c1ccccc1C(=O)N1CCN(CC=Cc2ccccc2)CC1. The Morgan fingerprint density at radius 2 is 1.29 bits per heavy atom. The molecule has 1 heterocycles. The third kappa shape index (κ3) is 5.16. The van der Waals surface area contributed by atoms with Crippen molar-refractivity contribution >= 4 is 17.8 Å². The number of benzene rings is 3. The minimum Gasteiger partial charge on any atom is -0.336 e. The van der Waals surface area contributed by atoms with Crippen LogP contribution in [0.15, 0.2) is 91.0 Å². The molecular formula is C27H26N2O2. The minimum absolute atomic E-state index is 0.0700. The number of ketones is 1. The third-order valence-corrected chi connectivity index (χ3v) is 5.57. The average Bonchev–Trinajstić information content (AvgIpc) is 2.85. The Hall–Kier alpha value is -3.50. The van der Waals surface area contributed by atoms with E-state index in [1.54, 1.807) is 24.3 Å². The molecule has 4 heteroatoms. The van der Waals surface area contributed by atoms with Gasteiger partial charge < -0.3 is 4.90 Å². The zero-order valence-electron chi connectivity index (χ0n) is 17.5. The molecule has 0 atom stereocenters. The van der Waals surface area contributed by atoms with Crippen LogP contribution in [0.2, 0.25) is 0 Å². The molecule has 3 aromatic rings. The molecule has 1 aliphatic heterocycles.